The predicted octanol–water partition coefficient (Wildman–Crippen LogP) is 2.50. The number of aryl methyl sites for hydroxylation is 3. The summed E-state index contributed by atoms with van der Waals surface area (Å²) in [6, 6.07) is 9.20. The van der Waals surface area contributed by atoms with Crippen molar-refractivity contribution in [2.45, 2.75) is 27.3 Å². The highest BCUT2D eigenvalue weighted by molar-refractivity contribution is 5.96. The van der Waals surface area contributed by atoms with Crippen molar-refractivity contribution >= 4 is 5.91 Å². The average Bonchev–Trinajstić information content (AvgIpc) is 2.36. The third kappa shape index (κ3) is 2.96. The van der Waals surface area contributed by atoms with Gasteiger partial charge < -0.3 is 9.73 Å². The second kappa shape index (κ2) is 5.74. The van der Waals surface area contributed by atoms with Crippen molar-refractivity contribution in [2.24, 2.45) is 0 Å². The van der Waals surface area contributed by atoms with E-state index in [2.05, 4.69) is 5.32 Å². The molecule has 1 aromatic carbocycles. The van der Waals surface area contributed by atoms with Gasteiger partial charge in [-0.1, -0.05) is 24.3 Å². The lowest BCUT2D eigenvalue weighted by Gasteiger charge is -2.10. The summed E-state index contributed by atoms with van der Waals surface area (Å²) in [6.07, 6.45) is 0. The van der Waals surface area contributed by atoms with E-state index in [1.165, 1.54) is 6.07 Å². The van der Waals surface area contributed by atoms with Crippen LogP contribution in [0.4, 0.5) is 0 Å². The molecular weight excluding hydrogens is 254 g/mol. The van der Waals surface area contributed by atoms with Crippen LogP contribution < -0.4 is 10.9 Å². The molecule has 0 atom stereocenters. The molecule has 2 rings (SSSR count). The molecule has 1 N–H and O–H groups in total. The first-order valence-electron chi connectivity index (χ1n) is 6.43. The molecule has 20 heavy (non-hydrogen) atoms. The molecular formula is C16H17NO3. The Morgan fingerprint density at radius 2 is 1.85 bits per heavy atom. The standard InChI is InChI=1S/C16H17NO3/c1-10-6-4-5-7-13(10)9-17-16(19)15-11(2)8-14(18)20-12(15)3/h4-8H,9H2,1-3H3,(H,17,19). The van der Waals surface area contributed by atoms with Gasteiger partial charge >= 0.3 is 5.63 Å². The van der Waals surface area contributed by atoms with E-state index in [0.717, 1.165) is 11.1 Å². The predicted molar refractivity (Wildman–Crippen MR) is 76.8 cm³/mol. The average molecular weight is 271 g/mol. The fraction of sp³-hybridized carbons (Fsp3) is 0.250. The van der Waals surface area contributed by atoms with Gasteiger partial charge in [0.15, 0.2) is 0 Å². The Kier molecular flexibility index (Phi) is 4.03. The molecule has 104 valence electrons. The van der Waals surface area contributed by atoms with Gasteiger partial charge in [0.1, 0.15) is 5.76 Å². The molecule has 4 heteroatoms. The van der Waals surface area contributed by atoms with E-state index in [0.29, 0.717) is 23.4 Å². The third-order valence-corrected chi connectivity index (χ3v) is 3.26. The monoisotopic (exact) mass is 271 g/mol. The lowest BCUT2D eigenvalue weighted by Crippen LogP contribution is -2.25. The van der Waals surface area contributed by atoms with E-state index >= 15 is 0 Å². The van der Waals surface area contributed by atoms with Gasteiger partial charge in [0.2, 0.25) is 0 Å². The minimum absolute atomic E-state index is 0.230. The summed E-state index contributed by atoms with van der Waals surface area (Å²) in [5.74, 6) is 0.115. The van der Waals surface area contributed by atoms with Gasteiger partial charge in [-0.05, 0) is 37.5 Å². The zero-order valence-corrected chi connectivity index (χ0v) is 11.8. The highest BCUT2D eigenvalue weighted by Gasteiger charge is 2.14. The zero-order valence-electron chi connectivity index (χ0n) is 11.8. The number of carbonyl (C=O) groups is 1. The fourth-order valence-corrected chi connectivity index (χ4v) is 2.17. The summed E-state index contributed by atoms with van der Waals surface area (Å²) in [6.45, 7) is 5.80. The Morgan fingerprint density at radius 1 is 1.15 bits per heavy atom. The van der Waals surface area contributed by atoms with E-state index in [-0.39, 0.29) is 5.91 Å². The van der Waals surface area contributed by atoms with Crippen molar-refractivity contribution in [1.82, 2.24) is 5.32 Å². The molecule has 0 saturated heterocycles. The number of carbonyl (C=O) groups excluding carboxylic acids is 1. The normalized spacial score (nSPS) is 10.3. The first-order valence-corrected chi connectivity index (χ1v) is 6.43. The highest BCUT2D eigenvalue weighted by atomic mass is 16.4. The Hall–Kier alpha value is -2.36. The molecule has 0 saturated carbocycles. The smallest absolute Gasteiger partial charge is 0.336 e. The van der Waals surface area contributed by atoms with Gasteiger partial charge in [0.05, 0.1) is 5.56 Å². The molecule has 1 amide bonds. The molecule has 0 fully saturated rings. The number of amides is 1. The molecule has 0 spiro atoms. The van der Waals surface area contributed by atoms with Crippen molar-refractivity contribution in [2.75, 3.05) is 0 Å². The second-order valence-electron chi connectivity index (χ2n) is 4.79. The second-order valence-corrected chi connectivity index (χ2v) is 4.79. The number of nitrogens with one attached hydrogen (secondary N) is 1. The molecule has 0 aliphatic heterocycles. The van der Waals surface area contributed by atoms with Crippen LogP contribution in [0, 0.1) is 20.8 Å². The number of hydrogen-bond acceptors (Lipinski definition) is 3. The summed E-state index contributed by atoms with van der Waals surface area (Å²) in [5.41, 5.74) is 2.81. The van der Waals surface area contributed by atoms with Crippen molar-refractivity contribution in [3.63, 3.8) is 0 Å². The van der Waals surface area contributed by atoms with Gasteiger partial charge in [-0.25, -0.2) is 4.79 Å². The maximum absolute atomic E-state index is 12.2. The van der Waals surface area contributed by atoms with Crippen LogP contribution >= 0.6 is 0 Å². The van der Waals surface area contributed by atoms with Gasteiger partial charge in [0.25, 0.3) is 5.91 Å². The van der Waals surface area contributed by atoms with Crippen LogP contribution in [-0.4, -0.2) is 5.91 Å². The lowest BCUT2D eigenvalue weighted by atomic mass is 10.1. The highest BCUT2D eigenvalue weighted by Crippen LogP contribution is 2.12. The summed E-state index contributed by atoms with van der Waals surface area (Å²) >= 11 is 0. The molecule has 4 nitrogen and oxygen atoms in total. The summed E-state index contributed by atoms with van der Waals surface area (Å²) in [7, 11) is 0. The van der Waals surface area contributed by atoms with Crippen LogP contribution in [0.25, 0.3) is 0 Å². The Morgan fingerprint density at radius 3 is 2.50 bits per heavy atom. The largest absolute Gasteiger partial charge is 0.427 e. The molecule has 0 bridgehead atoms. The number of rotatable bonds is 3. The van der Waals surface area contributed by atoms with Crippen molar-refractivity contribution in [3.8, 4) is 0 Å². The van der Waals surface area contributed by atoms with Crippen LogP contribution in [-0.2, 0) is 6.54 Å². The van der Waals surface area contributed by atoms with Gasteiger partial charge in [0, 0.05) is 12.6 Å². The van der Waals surface area contributed by atoms with Crippen molar-refractivity contribution in [3.05, 3.63) is 68.8 Å². The van der Waals surface area contributed by atoms with Crippen molar-refractivity contribution in [1.29, 1.82) is 0 Å². The molecule has 2 aromatic rings. The molecule has 1 aromatic heterocycles. The molecule has 0 radical (unpaired) electrons. The van der Waals surface area contributed by atoms with Crippen LogP contribution in [0.5, 0.6) is 0 Å². The van der Waals surface area contributed by atoms with E-state index in [4.69, 9.17) is 4.42 Å². The lowest BCUT2D eigenvalue weighted by molar-refractivity contribution is 0.0946. The summed E-state index contributed by atoms with van der Waals surface area (Å²) < 4.78 is 4.97. The molecule has 0 unspecified atom stereocenters. The molecule has 0 aliphatic rings. The van der Waals surface area contributed by atoms with Crippen LogP contribution in [0.3, 0.4) is 0 Å². The quantitative estimate of drug-likeness (QED) is 0.933. The minimum atomic E-state index is -0.435. The van der Waals surface area contributed by atoms with Gasteiger partial charge in [-0.2, -0.15) is 0 Å². The van der Waals surface area contributed by atoms with E-state index in [1.54, 1.807) is 13.8 Å². The maximum atomic E-state index is 12.2. The summed E-state index contributed by atoms with van der Waals surface area (Å²) in [5, 5.41) is 2.86. The van der Waals surface area contributed by atoms with E-state index < -0.39 is 5.63 Å². The van der Waals surface area contributed by atoms with Crippen LogP contribution in [0.15, 0.2) is 39.5 Å². The Bertz CT molecular complexity index is 675. The van der Waals surface area contributed by atoms with Crippen molar-refractivity contribution < 1.29 is 9.21 Å². The number of benzene rings is 1. The first-order chi connectivity index (χ1) is 9.49. The third-order valence-electron chi connectivity index (χ3n) is 3.26. The van der Waals surface area contributed by atoms with Crippen LogP contribution in [0.1, 0.15) is 32.8 Å². The van der Waals surface area contributed by atoms with E-state index in [9.17, 15) is 9.59 Å². The maximum Gasteiger partial charge on any atom is 0.336 e. The van der Waals surface area contributed by atoms with Gasteiger partial charge in [-0.15, -0.1) is 0 Å². The molecule has 0 aliphatic carbocycles. The fourth-order valence-electron chi connectivity index (χ4n) is 2.17. The van der Waals surface area contributed by atoms with E-state index in [1.807, 2.05) is 31.2 Å². The topological polar surface area (TPSA) is 59.3 Å². The first kappa shape index (κ1) is 14.1. The minimum Gasteiger partial charge on any atom is -0.427 e. The zero-order chi connectivity index (χ0) is 14.7. The Balaban J connectivity index is 2.18. The number of hydrogen-bond donors (Lipinski definition) is 1. The SMILES string of the molecule is Cc1ccccc1CNC(=O)c1c(C)cc(=O)oc1C. The Labute approximate surface area is 117 Å². The van der Waals surface area contributed by atoms with Crippen LogP contribution in [0.2, 0.25) is 0 Å². The van der Waals surface area contributed by atoms with Gasteiger partial charge in [-0.3, -0.25) is 4.79 Å². The molecule has 1 heterocycles. The summed E-state index contributed by atoms with van der Waals surface area (Å²) in [4.78, 5) is 23.4.